The third-order valence-electron chi connectivity index (χ3n) is 7.48. The minimum atomic E-state index is -2.95. The van der Waals surface area contributed by atoms with Crippen LogP contribution in [0.15, 0.2) is 52.9 Å². The Bertz CT molecular complexity index is 1440. The second-order valence-electron chi connectivity index (χ2n) is 10.8. The number of alkyl halides is 2. The summed E-state index contributed by atoms with van der Waals surface area (Å²) >= 11 is 0. The topological polar surface area (TPSA) is 125 Å². The fourth-order valence-corrected chi connectivity index (χ4v) is 4.75. The van der Waals surface area contributed by atoms with Crippen LogP contribution in [0.25, 0.3) is 22.1 Å². The highest BCUT2D eigenvalue weighted by atomic mass is 19.3. The van der Waals surface area contributed by atoms with E-state index in [2.05, 4.69) is 10.6 Å². The molecule has 3 N–H and O–H groups in total. The maximum atomic E-state index is 14.2. The van der Waals surface area contributed by atoms with Crippen LogP contribution >= 0.6 is 0 Å². The van der Waals surface area contributed by atoms with E-state index >= 15 is 0 Å². The van der Waals surface area contributed by atoms with Crippen molar-refractivity contribution in [2.75, 3.05) is 19.8 Å². The second-order valence-corrected chi connectivity index (χ2v) is 10.8. The highest BCUT2D eigenvalue weighted by Crippen LogP contribution is 2.35. The van der Waals surface area contributed by atoms with E-state index in [1.54, 1.807) is 6.07 Å². The maximum absolute atomic E-state index is 14.2. The Morgan fingerprint density at radius 3 is 2.38 bits per heavy atom. The minimum absolute atomic E-state index is 0.0228. The molecule has 2 fully saturated rings. The molecule has 8 nitrogen and oxygen atoms in total. The van der Waals surface area contributed by atoms with Crippen LogP contribution in [0.1, 0.15) is 61.1 Å². The minimum Gasteiger partial charge on any atom is -0.451 e. The number of aliphatic hydroxyl groups is 1. The number of ether oxygens (including phenoxy) is 1. The van der Waals surface area contributed by atoms with Gasteiger partial charge in [-0.25, -0.2) is 8.78 Å². The molecule has 40 heavy (non-hydrogen) atoms. The first kappa shape index (κ1) is 27.7. The largest absolute Gasteiger partial charge is 0.451 e. The van der Waals surface area contributed by atoms with Gasteiger partial charge in [0.15, 0.2) is 5.76 Å². The average Bonchev–Trinajstić information content (AvgIpc) is 3.56. The summed E-state index contributed by atoms with van der Waals surface area (Å²) in [6.45, 7) is 0.624. The van der Waals surface area contributed by atoms with Crippen molar-refractivity contribution in [2.24, 2.45) is 0 Å². The number of carbonyl (C=O) groups excluding carboxylic acids is 2. The molecule has 0 bridgehead atoms. The molecule has 0 spiro atoms. The lowest BCUT2D eigenvalue weighted by atomic mass is 9.90. The number of amides is 2. The second kappa shape index (κ2) is 11.0. The number of nitriles is 1. The normalized spacial score (nSPS) is 17.1. The molecule has 210 valence electrons. The van der Waals surface area contributed by atoms with Crippen LogP contribution in [0.2, 0.25) is 0 Å². The molecule has 0 unspecified atom stereocenters. The van der Waals surface area contributed by atoms with Crippen LogP contribution in [0, 0.1) is 11.3 Å². The first-order chi connectivity index (χ1) is 19.1. The number of furan rings is 1. The van der Waals surface area contributed by atoms with Crippen molar-refractivity contribution in [3.63, 3.8) is 0 Å². The third kappa shape index (κ3) is 6.32. The number of rotatable bonds is 12. The zero-order chi connectivity index (χ0) is 28.4. The van der Waals surface area contributed by atoms with Gasteiger partial charge in [0.25, 0.3) is 5.91 Å². The number of hydrogen-bond donors (Lipinski definition) is 3. The molecule has 1 aliphatic heterocycles. The average molecular weight is 552 g/mol. The Labute approximate surface area is 230 Å². The van der Waals surface area contributed by atoms with E-state index in [1.165, 1.54) is 0 Å². The van der Waals surface area contributed by atoms with Gasteiger partial charge in [0, 0.05) is 31.2 Å². The summed E-state index contributed by atoms with van der Waals surface area (Å²) in [5.74, 6) is -3.71. The molecular formula is C30H31F2N3O5. The van der Waals surface area contributed by atoms with Gasteiger partial charge in [0.1, 0.15) is 16.7 Å². The molecule has 2 aliphatic rings. The molecule has 2 heterocycles. The van der Waals surface area contributed by atoms with E-state index in [9.17, 15) is 23.5 Å². The summed E-state index contributed by atoms with van der Waals surface area (Å²) in [7, 11) is 0. The molecule has 1 aromatic heterocycles. The summed E-state index contributed by atoms with van der Waals surface area (Å²) in [5.41, 5.74) is 1.40. The molecule has 0 atom stereocenters. The number of halogens is 2. The maximum Gasteiger partial charge on any atom is 0.287 e. The van der Waals surface area contributed by atoms with Crippen molar-refractivity contribution in [3.8, 4) is 17.2 Å². The number of carbonyl (C=O) groups is 2. The molecule has 0 radical (unpaired) electrons. The smallest absolute Gasteiger partial charge is 0.287 e. The van der Waals surface area contributed by atoms with Gasteiger partial charge in [0.05, 0.1) is 19.3 Å². The highest BCUT2D eigenvalue weighted by molar-refractivity contribution is 5.96. The molecule has 1 aliphatic carbocycles. The van der Waals surface area contributed by atoms with E-state index in [-0.39, 0.29) is 50.7 Å². The molecule has 2 amide bonds. The number of fused-ring (bicyclic) bond motifs is 1. The SMILES string of the molecule is N#CC1(NC(=O)CCCC(F)(F)CCCNC(=O)c2cc3ccc(-c4ccc(C5(O)COC5)cc4)cc3o2)CC1. The zero-order valence-electron chi connectivity index (χ0n) is 22.0. The molecular weight excluding hydrogens is 520 g/mol. The monoisotopic (exact) mass is 551 g/mol. The van der Waals surface area contributed by atoms with Crippen molar-refractivity contribution < 1.29 is 32.6 Å². The molecule has 3 aromatic rings. The predicted molar refractivity (Wildman–Crippen MR) is 142 cm³/mol. The summed E-state index contributed by atoms with van der Waals surface area (Å²) in [6.07, 6.45) is 0.405. The Morgan fingerprint density at radius 2 is 1.73 bits per heavy atom. The lowest BCUT2D eigenvalue weighted by Gasteiger charge is -2.36. The van der Waals surface area contributed by atoms with Crippen LogP contribution in [0.4, 0.5) is 8.78 Å². The third-order valence-corrected chi connectivity index (χ3v) is 7.48. The summed E-state index contributed by atoms with van der Waals surface area (Å²) in [6, 6.07) is 16.8. The van der Waals surface area contributed by atoms with E-state index < -0.39 is 35.8 Å². The predicted octanol–water partition coefficient (Wildman–Crippen LogP) is 4.81. The lowest BCUT2D eigenvalue weighted by Crippen LogP contribution is -2.46. The van der Waals surface area contributed by atoms with Crippen LogP contribution in [0.3, 0.4) is 0 Å². The van der Waals surface area contributed by atoms with Gasteiger partial charge in [-0.3, -0.25) is 9.59 Å². The van der Waals surface area contributed by atoms with Gasteiger partial charge in [-0.1, -0.05) is 36.4 Å². The Hall–Kier alpha value is -3.81. The summed E-state index contributed by atoms with van der Waals surface area (Å²) < 4.78 is 39.3. The van der Waals surface area contributed by atoms with Gasteiger partial charge in [-0.05, 0) is 54.5 Å². The molecule has 10 heteroatoms. The van der Waals surface area contributed by atoms with E-state index in [0.29, 0.717) is 18.4 Å². The quantitative estimate of drug-likeness (QED) is 0.278. The highest BCUT2D eigenvalue weighted by Gasteiger charge is 2.44. The van der Waals surface area contributed by atoms with E-state index in [0.717, 1.165) is 22.1 Å². The van der Waals surface area contributed by atoms with Gasteiger partial charge in [-0.2, -0.15) is 5.26 Å². The Kier molecular flexibility index (Phi) is 7.62. The van der Waals surface area contributed by atoms with Crippen molar-refractivity contribution in [1.29, 1.82) is 5.26 Å². The first-order valence-corrected chi connectivity index (χ1v) is 13.4. The van der Waals surface area contributed by atoms with E-state index in [4.69, 9.17) is 14.4 Å². The molecule has 2 aromatic carbocycles. The zero-order valence-corrected chi connectivity index (χ0v) is 22.0. The summed E-state index contributed by atoms with van der Waals surface area (Å²) in [5, 5.41) is 25.4. The van der Waals surface area contributed by atoms with Crippen molar-refractivity contribution in [1.82, 2.24) is 10.6 Å². The Morgan fingerprint density at radius 1 is 1.02 bits per heavy atom. The fourth-order valence-electron chi connectivity index (χ4n) is 4.75. The van der Waals surface area contributed by atoms with Gasteiger partial charge in [0.2, 0.25) is 11.8 Å². The van der Waals surface area contributed by atoms with Crippen molar-refractivity contribution in [2.45, 2.75) is 62.0 Å². The first-order valence-electron chi connectivity index (χ1n) is 13.4. The number of benzene rings is 2. The van der Waals surface area contributed by atoms with Gasteiger partial charge >= 0.3 is 0 Å². The van der Waals surface area contributed by atoms with Crippen molar-refractivity contribution >= 4 is 22.8 Å². The van der Waals surface area contributed by atoms with Crippen LogP contribution in [-0.4, -0.2) is 48.1 Å². The standard InChI is InChI=1S/C30H31F2N3O5/c31-30(32,10-1-3-26(36)35-28(17-33)12-13-28)11-2-14-34-27(37)25-16-22-5-4-21(15-24(22)40-25)20-6-8-23(9-7-20)29(38)18-39-19-29/h4-9,15-16,38H,1-3,10-14,18-19H2,(H,34,37)(H,35,36). The van der Waals surface area contributed by atoms with Gasteiger partial charge in [-0.15, -0.1) is 0 Å². The molecule has 1 saturated carbocycles. The van der Waals surface area contributed by atoms with E-state index in [1.807, 2.05) is 48.5 Å². The summed E-state index contributed by atoms with van der Waals surface area (Å²) in [4.78, 5) is 24.4. The van der Waals surface area contributed by atoms with Crippen LogP contribution in [-0.2, 0) is 15.1 Å². The number of nitrogens with one attached hydrogen (secondary N) is 2. The van der Waals surface area contributed by atoms with Crippen LogP contribution < -0.4 is 10.6 Å². The molecule has 1 saturated heterocycles. The number of hydrogen-bond acceptors (Lipinski definition) is 6. The van der Waals surface area contributed by atoms with Crippen molar-refractivity contribution in [3.05, 3.63) is 59.9 Å². The fraction of sp³-hybridized carbons (Fsp3) is 0.433. The lowest BCUT2D eigenvalue weighted by molar-refractivity contribution is -0.184. The van der Waals surface area contributed by atoms with Gasteiger partial charge < -0.3 is 24.9 Å². The Balaban J connectivity index is 1.07. The number of nitrogens with zero attached hydrogens (tertiary/aromatic N) is 1. The molecule has 5 rings (SSSR count). The van der Waals surface area contributed by atoms with Crippen LogP contribution in [0.5, 0.6) is 0 Å².